The first-order valence-electron chi connectivity index (χ1n) is 6.61. The SMILES string of the molecule is CCN(C(=O)Cn1nnc(CN)c1C)c1ccccc1. The zero-order valence-corrected chi connectivity index (χ0v) is 11.8. The summed E-state index contributed by atoms with van der Waals surface area (Å²) in [6.07, 6.45) is 0. The fourth-order valence-corrected chi connectivity index (χ4v) is 2.06. The van der Waals surface area contributed by atoms with Gasteiger partial charge in [-0.2, -0.15) is 0 Å². The first-order chi connectivity index (χ1) is 9.67. The van der Waals surface area contributed by atoms with E-state index in [4.69, 9.17) is 5.73 Å². The van der Waals surface area contributed by atoms with Gasteiger partial charge in [-0.3, -0.25) is 4.79 Å². The molecular weight excluding hydrogens is 254 g/mol. The third-order valence-electron chi connectivity index (χ3n) is 3.24. The van der Waals surface area contributed by atoms with Crippen LogP contribution in [0.5, 0.6) is 0 Å². The number of aromatic nitrogens is 3. The monoisotopic (exact) mass is 273 g/mol. The average Bonchev–Trinajstić information content (AvgIpc) is 2.81. The van der Waals surface area contributed by atoms with E-state index in [-0.39, 0.29) is 12.5 Å². The van der Waals surface area contributed by atoms with Crippen molar-refractivity contribution in [3.8, 4) is 0 Å². The third-order valence-corrected chi connectivity index (χ3v) is 3.24. The molecule has 1 heterocycles. The Morgan fingerprint density at radius 2 is 2.05 bits per heavy atom. The first kappa shape index (κ1) is 14.2. The summed E-state index contributed by atoms with van der Waals surface area (Å²) in [5.41, 5.74) is 8.01. The Balaban J connectivity index is 2.16. The van der Waals surface area contributed by atoms with Crippen molar-refractivity contribution in [3.05, 3.63) is 41.7 Å². The van der Waals surface area contributed by atoms with Gasteiger partial charge in [0.15, 0.2) is 0 Å². The molecule has 1 aromatic carbocycles. The lowest BCUT2D eigenvalue weighted by atomic mass is 10.3. The maximum Gasteiger partial charge on any atom is 0.248 e. The highest BCUT2D eigenvalue weighted by Crippen LogP contribution is 2.14. The van der Waals surface area contributed by atoms with Crippen molar-refractivity contribution >= 4 is 11.6 Å². The summed E-state index contributed by atoms with van der Waals surface area (Å²) in [6, 6.07) is 9.59. The second kappa shape index (κ2) is 6.29. The lowest BCUT2D eigenvalue weighted by Gasteiger charge is -2.21. The molecule has 0 saturated heterocycles. The van der Waals surface area contributed by atoms with Crippen LogP contribution in [0.15, 0.2) is 30.3 Å². The normalized spacial score (nSPS) is 10.6. The molecular formula is C14H19N5O. The molecule has 0 fully saturated rings. The van der Waals surface area contributed by atoms with Crippen LogP contribution in [0.1, 0.15) is 18.3 Å². The molecule has 0 atom stereocenters. The number of carbonyl (C=O) groups excluding carboxylic acids is 1. The van der Waals surface area contributed by atoms with Gasteiger partial charge < -0.3 is 10.6 Å². The van der Waals surface area contributed by atoms with Crippen molar-refractivity contribution < 1.29 is 4.79 Å². The van der Waals surface area contributed by atoms with Crippen LogP contribution in [0, 0.1) is 6.92 Å². The Bertz CT molecular complexity index is 579. The minimum Gasteiger partial charge on any atom is -0.325 e. The smallest absolute Gasteiger partial charge is 0.248 e. The van der Waals surface area contributed by atoms with Gasteiger partial charge in [-0.25, -0.2) is 4.68 Å². The van der Waals surface area contributed by atoms with Crippen molar-refractivity contribution in [2.75, 3.05) is 11.4 Å². The molecule has 1 amide bonds. The van der Waals surface area contributed by atoms with Crippen LogP contribution in [0.25, 0.3) is 0 Å². The summed E-state index contributed by atoms with van der Waals surface area (Å²) in [6.45, 7) is 4.93. The van der Waals surface area contributed by atoms with Crippen molar-refractivity contribution in [1.29, 1.82) is 0 Å². The number of nitrogens with zero attached hydrogens (tertiary/aromatic N) is 4. The standard InChI is InChI=1S/C14H19N5O/c1-3-18(12-7-5-4-6-8-12)14(20)10-19-11(2)13(9-15)16-17-19/h4-8H,3,9-10,15H2,1-2H3. The highest BCUT2D eigenvalue weighted by Gasteiger charge is 2.16. The minimum absolute atomic E-state index is 0.0183. The summed E-state index contributed by atoms with van der Waals surface area (Å²) < 4.78 is 1.59. The molecule has 0 spiro atoms. The van der Waals surface area contributed by atoms with Crippen LogP contribution >= 0.6 is 0 Å². The second-order valence-corrected chi connectivity index (χ2v) is 4.46. The van der Waals surface area contributed by atoms with Crippen LogP contribution in [-0.2, 0) is 17.9 Å². The number of amides is 1. The molecule has 6 nitrogen and oxygen atoms in total. The Hall–Kier alpha value is -2.21. The second-order valence-electron chi connectivity index (χ2n) is 4.46. The lowest BCUT2D eigenvalue weighted by Crippen LogP contribution is -2.34. The summed E-state index contributed by atoms with van der Waals surface area (Å²) in [5.74, 6) is -0.0183. The van der Waals surface area contributed by atoms with Crippen molar-refractivity contribution in [2.24, 2.45) is 5.73 Å². The summed E-state index contributed by atoms with van der Waals surface area (Å²) in [5, 5.41) is 7.94. The van der Waals surface area contributed by atoms with Crippen molar-refractivity contribution in [3.63, 3.8) is 0 Å². The Morgan fingerprint density at radius 3 is 2.60 bits per heavy atom. The van der Waals surface area contributed by atoms with Gasteiger partial charge in [0, 0.05) is 18.8 Å². The third kappa shape index (κ3) is 2.85. The molecule has 0 saturated carbocycles. The van der Waals surface area contributed by atoms with Crippen LogP contribution in [0.4, 0.5) is 5.69 Å². The largest absolute Gasteiger partial charge is 0.325 e. The van der Waals surface area contributed by atoms with E-state index in [2.05, 4.69) is 10.3 Å². The number of nitrogens with two attached hydrogens (primary N) is 1. The van der Waals surface area contributed by atoms with E-state index in [0.717, 1.165) is 17.1 Å². The van der Waals surface area contributed by atoms with Gasteiger partial charge in [0.25, 0.3) is 0 Å². The molecule has 2 N–H and O–H groups in total. The zero-order chi connectivity index (χ0) is 14.5. The number of carbonyl (C=O) groups is 1. The zero-order valence-electron chi connectivity index (χ0n) is 11.8. The van der Waals surface area contributed by atoms with Gasteiger partial charge in [0.1, 0.15) is 6.54 Å². The average molecular weight is 273 g/mol. The summed E-state index contributed by atoms with van der Waals surface area (Å²) in [7, 11) is 0. The molecule has 2 rings (SSSR count). The van der Waals surface area contributed by atoms with E-state index >= 15 is 0 Å². The summed E-state index contributed by atoms with van der Waals surface area (Å²) >= 11 is 0. The Labute approximate surface area is 118 Å². The van der Waals surface area contributed by atoms with Crippen LogP contribution in [0.2, 0.25) is 0 Å². The molecule has 0 radical (unpaired) electrons. The summed E-state index contributed by atoms with van der Waals surface area (Å²) in [4.78, 5) is 14.1. The van der Waals surface area contributed by atoms with Crippen molar-refractivity contribution in [1.82, 2.24) is 15.0 Å². The molecule has 2 aromatic rings. The molecule has 6 heteroatoms. The van der Waals surface area contributed by atoms with Gasteiger partial charge in [-0.1, -0.05) is 23.4 Å². The Morgan fingerprint density at radius 1 is 1.35 bits per heavy atom. The van der Waals surface area contributed by atoms with E-state index < -0.39 is 0 Å². The number of benzene rings is 1. The van der Waals surface area contributed by atoms with Gasteiger partial charge in [-0.15, -0.1) is 5.10 Å². The molecule has 20 heavy (non-hydrogen) atoms. The predicted molar refractivity (Wildman–Crippen MR) is 77.1 cm³/mol. The number of hydrogen-bond donors (Lipinski definition) is 1. The number of para-hydroxylation sites is 1. The van der Waals surface area contributed by atoms with E-state index in [1.807, 2.05) is 44.2 Å². The first-order valence-corrected chi connectivity index (χ1v) is 6.61. The quantitative estimate of drug-likeness (QED) is 0.885. The maximum absolute atomic E-state index is 12.4. The lowest BCUT2D eigenvalue weighted by molar-refractivity contribution is -0.119. The molecule has 0 bridgehead atoms. The van der Waals surface area contributed by atoms with E-state index in [9.17, 15) is 4.79 Å². The van der Waals surface area contributed by atoms with Crippen molar-refractivity contribution in [2.45, 2.75) is 26.9 Å². The fraction of sp³-hybridized carbons (Fsp3) is 0.357. The molecule has 106 valence electrons. The number of likely N-dealkylation sites (N-methyl/N-ethyl adjacent to an activating group) is 1. The van der Waals surface area contributed by atoms with E-state index in [1.165, 1.54) is 0 Å². The maximum atomic E-state index is 12.4. The van der Waals surface area contributed by atoms with E-state index in [0.29, 0.717) is 13.1 Å². The molecule has 0 aliphatic carbocycles. The number of rotatable bonds is 5. The highest BCUT2D eigenvalue weighted by molar-refractivity contribution is 5.93. The highest BCUT2D eigenvalue weighted by atomic mass is 16.2. The molecule has 0 unspecified atom stereocenters. The molecule has 1 aromatic heterocycles. The van der Waals surface area contributed by atoms with Crippen LogP contribution in [0.3, 0.4) is 0 Å². The fourth-order valence-electron chi connectivity index (χ4n) is 2.06. The van der Waals surface area contributed by atoms with E-state index in [1.54, 1.807) is 9.58 Å². The van der Waals surface area contributed by atoms with Gasteiger partial charge in [-0.05, 0) is 26.0 Å². The topological polar surface area (TPSA) is 77.0 Å². The minimum atomic E-state index is -0.0183. The molecule has 0 aliphatic rings. The van der Waals surface area contributed by atoms with Crippen LogP contribution in [-0.4, -0.2) is 27.4 Å². The number of anilines is 1. The molecule has 0 aliphatic heterocycles. The number of hydrogen-bond acceptors (Lipinski definition) is 4. The Kier molecular flexibility index (Phi) is 4.47. The van der Waals surface area contributed by atoms with Gasteiger partial charge >= 0.3 is 0 Å². The van der Waals surface area contributed by atoms with Gasteiger partial charge in [0.05, 0.1) is 11.4 Å². The predicted octanol–water partition coefficient (Wildman–Crippen LogP) is 1.10. The van der Waals surface area contributed by atoms with Gasteiger partial charge in [0.2, 0.25) is 5.91 Å². The van der Waals surface area contributed by atoms with Crippen LogP contribution < -0.4 is 10.6 Å².